The van der Waals surface area contributed by atoms with Gasteiger partial charge in [0.15, 0.2) is 0 Å². The van der Waals surface area contributed by atoms with Crippen molar-refractivity contribution in [1.82, 2.24) is 5.32 Å². The lowest BCUT2D eigenvalue weighted by Crippen LogP contribution is -2.41. The summed E-state index contributed by atoms with van der Waals surface area (Å²) in [4.78, 5) is 1.55. The van der Waals surface area contributed by atoms with Crippen LogP contribution < -0.4 is 5.32 Å². The molecule has 1 nitrogen and oxygen atoms in total. The summed E-state index contributed by atoms with van der Waals surface area (Å²) in [6, 6.07) is 5.96. The predicted molar refractivity (Wildman–Crippen MR) is 85.9 cm³/mol. The molecule has 1 heterocycles. The molecule has 1 N–H and O–H groups in total. The molecule has 3 aliphatic rings. The van der Waals surface area contributed by atoms with E-state index >= 15 is 0 Å². The third-order valence-corrected chi connectivity index (χ3v) is 7.29. The molecule has 3 aliphatic carbocycles. The molecule has 2 heteroatoms. The monoisotopic (exact) mass is 289 g/mol. The second kappa shape index (κ2) is 5.46. The Morgan fingerprint density at radius 1 is 1.25 bits per heavy atom. The fourth-order valence-electron chi connectivity index (χ4n) is 5.60. The summed E-state index contributed by atoms with van der Waals surface area (Å²) in [7, 11) is 0. The molecule has 6 atom stereocenters. The standard InChI is InChI=1S/C18H27NS/c1-2-5-16(18-8-4-9-20-18)19-17-11-12-10-15(17)14-7-3-6-13(12)14/h4,8-9,12-17,19H,2-3,5-7,10-11H2,1H3. The summed E-state index contributed by atoms with van der Waals surface area (Å²) in [6.45, 7) is 2.32. The zero-order valence-electron chi connectivity index (χ0n) is 12.6. The van der Waals surface area contributed by atoms with Crippen molar-refractivity contribution in [3.63, 3.8) is 0 Å². The molecular weight excluding hydrogens is 262 g/mol. The van der Waals surface area contributed by atoms with Crippen molar-refractivity contribution >= 4 is 11.3 Å². The molecule has 0 saturated heterocycles. The largest absolute Gasteiger partial charge is 0.306 e. The van der Waals surface area contributed by atoms with Gasteiger partial charge in [-0.2, -0.15) is 0 Å². The van der Waals surface area contributed by atoms with Gasteiger partial charge in [-0.1, -0.05) is 25.8 Å². The van der Waals surface area contributed by atoms with E-state index < -0.39 is 0 Å². The van der Waals surface area contributed by atoms with Gasteiger partial charge < -0.3 is 5.32 Å². The smallest absolute Gasteiger partial charge is 0.0416 e. The van der Waals surface area contributed by atoms with Crippen LogP contribution in [0.15, 0.2) is 17.5 Å². The van der Waals surface area contributed by atoms with Crippen LogP contribution in [0.3, 0.4) is 0 Å². The minimum atomic E-state index is 0.615. The van der Waals surface area contributed by atoms with Crippen LogP contribution in [0.5, 0.6) is 0 Å². The Bertz CT molecular complexity index is 440. The van der Waals surface area contributed by atoms with E-state index in [1.165, 1.54) is 38.5 Å². The second-order valence-corrected chi connectivity index (χ2v) is 8.26. The highest BCUT2D eigenvalue weighted by atomic mass is 32.1. The fourth-order valence-corrected chi connectivity index (χ4v) is 6.43. The summed E-state index contributed by atoms with van der Waals surface area (Å²) in [6.07, 6.45) is 10.2. The number of hydrogen-bond donors (Lipinski definition) is 1. The zero-order valence-corrected chi connectivity index (χ0v) is 13.4. The summed E-state index contributed by atoms with van der Waals surface area (Å²) in [5, 5.41) is 6.30. The maximum Gasteiger partial charge on any atom is 0.0416 e. The minimum Gasteiger partial charge on any atom is -0.306 e. The van der Waals surface area contributed by atoms with Gasteiger partial charge >= 0.3 is 0 Å². The predicted octanol–water partition coefficient (Wildman–Crippen LogP) is 5.00. The van der Waals surface area contributed by atoms with E-state index in [1.807, 2.05) is 11.3 Å². The average molecular weight is 289 g/mol. The van der Waals surface area contributed by atoms with Gasteiger partial charge in [0.05, 0.1) is 0 Å². The maximum absolute atomic E-state index is 4.07. The van der Waals surface area contributed by atoms with Crippen LogP contribution in [0.4, 0.5) is 0 Å². The molecular formula is C18H27NS. The van der Waals surface area contributed by atoms with E-state index in [4.69, 9.17) is 0 Å². The first-order valence-corrected chi connectivity index (χ1v) is 9.54. The number of rotatable bonds is 5. The van der Waals surface area contributed by atoms with Gasteiger partial charge in [0.25, 0.3) is 0 Å². The van der Waals surface area contributed by atoms with Gasteiger partial charge in [-0.3, -0.25) is 0 Å². The van der Waals surface area contributed by atoms with Crippen molar-refractivity contribution in [2.75, 3.05) is 0 Å². The highest BCUT2D eigenvalue weighted by molar-refractivity contribution is 7.10. The number of nitrogens with one attached hydrogen (secondary N) is 1. The van der Waals surface area contributed by atoms with Crippen molar-refractivity contribution in [3.05, 3.63) is 22.4 Å². The third kappa shape index (κ3) is 2.16. The Balaban J connectivity index is 1.46. The van der Waals surface area contributed by atoms with Gasteiger partial charge in [-0.15, -0.1) is 11.3 Å². The molecule has 20 heavy (non-hydrogen) atoms. The maximum atomic E-state index is 4.07. The lowest BCUT2D eigenvalue weighted by molar-refractivity contribution is 0.196. The molecule has 0 amide bonds. The third-order valence-electron chi connectivity index (χ3n) is 6.31. The average Bonchev–Trinajstić information content (AvgIpc) is 3.20. The van der Waals surface area contributed by atoms with Crippen LogP contribution in [0.2, 0.25) is 0 Å². The van der Waals surface area contributed by atoms with Crippen molar-refractivity contribution in [2.45, 2.75) is 64.0 Å². The van der Waals surface area contributed by atoms with Gasteiger partial charge in [-0.25, -0.2) is 0 Å². The van der Waals surface area contributed by atoms with Crippen LogP contribution in [0.1, 0.15) is 62.8 Å². The Morgan fingerprint density at radius 2 is 2.15 bits per heavy atom. The Hall–Kier alpha value is -0.340. The molecule has 1 aromatic rings. The summed E-state index contributed by atoms with van der Waals surface area (Å²) in [5.74, 6) is 4.27. The van der Waals surface area contributed by atoms with Crippen molar-refractivity contribution < 1.29 is 0 Å². The Labute approximate surface area is 127 Å². The molecule has 0 aliphatic heterocycles. The topological polar surface area (TPSA) is 12.0 Å². The van der Waals surface area contributed by atoms with E-state index in [1.54, 1.807) is 11.3 Å². The molecule has 2 bridgehead atoms. The summed E-state index contributed by atoms with van der Waals surface area (Å²) < 4.78 is 0. The molecule has 110 valence electrons. The lowest BCUT2D eigenvalue weighted by Gasteiger charge is -2.34. The molecule has 0 spiro atoms. The van der Waals surface area contributed by atoms with Crippen molar-refractivity contribution in [2.24, 2.45) is 23.7 Å². The first-order valence-electron chi connectivity index (χ1n) is 8.66. The number of hydrogen-bond acceptors (Lipinski definition) is 2. The molecule has 4 rings (SSSR count). The van der Waals surface area contributed by atoms with Crippen molar-refractivity contribution in [1.29, 1.82) is 0 Å². The van der Waals surface area contributed by atoms with Gasteiger partial charge in [0.1, 0.15) is 0 Å². The minimum absolute atomic E-state index is 0.615. The first-order chi connectivity index (χ1) is 9.86. The molecule has 0 radical (unpaired) electrons. The summed E-state index contributed by atoms with van der Waals surface area (Å²) >= 11 is 1.93. The van der Waals surface area contributed by atoms with Gasteiger partial charge in [-0.05, 0) is 67.2 Å². The van der Waals surface area contributed by atoms with Crippen LogP contribution in [-0.2, 0) is 0 Å². The SMILES string of the molecule is CCCC(NC1CC2CC1C1CCCC21)c1cccs1. The lowest BCUT2D eigenvalue weighted by atomic mass is 9.79. The van der Waals surface area contributed by atoms with E-state index in [9.17, 15) is 0 Å². The van der Waals surface area contributed by atoms with Crippen LogP contribution in [0.25, 0.3) is 0 Å². The molecule has 6 unspecified atom stereocenters. The Morgan fingerprint density at radius 3 is 2.95 bits per heavy atom. The van der Waals surface area contributed by atoms with E-state index in [2.05, 4.69) is 29.8 Å². The van der Waals surface area contributed by atoms with Gasteiger partial charge in [0.2, 0.25) is 0 Å². The zero-order chi connectivity index (χ0) is 13.5. The first kappa shape index (κ1) is 13.3. The molecule has 0 aromatic carbocycles. The molecule has 3 saturated carbocycles. The van der Waals surface area contributed by atoms with Gasteiger partial charge in [0, 0.05) is 17.0 Å². The quantitative estimate of drug-likeness (QED) is 0.804. The van der Waals surface area contributed by atoms with E-state index in [0.717, 1.165) is 29.7 Å². The van der Waals surface area contributed by atoms with E-state index in [0.29, 0.717) is 6.04 Å². The number of fused-ring (bicyclic) bond motifs is 5. The summed E-state index contributed by atoms with van der Waals surface area (Å²) in [5.41, 5.74) is 0. The van der Waals surface area contributed by atoms with Crippen molar-refractivity contribution in [3.8, 4) is 0 Å². The highest BCUT2D eigenvalue weighted by Crippen LogP contribution is 2.59. The van der Waals surface area contributed by atoms with Crippen LogP contribution in [0, 0.1) is 23.7 Å². The molecule has 1 aromatic heterocycles. The second-order valence-electron chi connectivity index (χ2n) is 7.28. The highest BCUT2D eigenvalue weighted by Gasteiger charge is 2.53. The van der Waals surface area contributed by atoms with E-state index in [-0.39, 0.29) is 0 Å². The van der Waals surface area contributed by atoms with Crippen LogP contribution >= 0.6 is 11.3 Å². The fraction of sp³-hybridized carbons (Fsp3) is 0.778. The normalized spacial score (nSPS) is 40.1. The number of thiophene rings is 1. The molecule has 3 fully saturated rings. The Kier molecular flexibility index (Phi) is 3.64. The van der Waals surface area contributed by atoms with Crippen LogP contribution in [-0.4, -0.2) is 6.04 Å².